The van der Waals surface area contributed by atoms with Crippen molar-refractivity contribution in [1.29, 1.82) is 0 Å². The van der Waals surface area contributed by atoms with Crippen molar-refractivity contribution in [3.63, 3.8) is 0 Å². The molecule has 0 aromatic carbocycles. The number of methoxy groups -OCH3 is 1. The number of epoxide rings is 1. The molecule has 17 nitrogen and oxygen atoms in total. The first-order chi connectivity index (χ1) is 27.3. The van der Waals surface area contributed by atoms with Crippen LogP contribution in [-0.2, 0) is 66.6 Å². The summed E-state index contributed by atoms with van der Waals surface area (Å²) in [5, 5.41) is 23.4. The summed E-state index contributed by atoms with van der Waals surface area (Å²) < 4.78 is 54.1. The molecule has 4 rings (SSSR count). The van der Waals surface area contributed by atoms with E-state index in [-0.39, 0.29) is 43.7 Å². The van der Waals surface area contributed by atoms with Crippen LogP contribution in [0, 0.1) is 11.8 Å². The Morgan fingerprint density at radius 1 is 1.00 bits per heavy atom. The van der Waals surface area contributed by atoms with Gasteiger partial charge >= 0.3 is 17.9 Å². The lowest BCUT2D eigenvalue weighted by atomic mass is 9.83. The molecule has 4 aliphatic heterocycles. The smallest absolute Gasteiger partial charge is 0.309 e. The Labute approximate surface area is 341 Å². The van der Waals surface area contributed by atoms with E-state index in [1.807, 2.05) is 6.92 Å². The van der Waals surface area contributed by atoms with Crippen LogP contribution in [0.2, 0.25) is 0 Å². The minimum atomic E-state index is -1.50. The molecule has 0 aromatic heterocycles. The van der Waals surface area contributed by atoms with Crippen LogP contribution in [0.25, 0.3) is 0 Å². The second-order valence-corrected chi connectivity index (χ2v) is 16.6. The number of nitrogens with zero attached hydrogens (tertiary/aromatic N) is 1. The number of cyclic esters (lactones) is 1. The van der Waals surface area contributed by atoms with E-state index < -0.39 is 115 Å². The topological polar surface area (TPSA) is 215 Å². The molecule has 4 aliphatic rings. The van der Waals surface area contributed by atoms with E-state index in [2.05, 4.69) is 0 Å². The van der Waals surface area contributed by atoms with Gasteiger partial charge in [-0.25, -0.2) is 0 Å². The number of allylic oxidation sites excluding steroid dienone is 1. The zero-order chi connectivity index (χ0) is 43.1. The highest BCUT2D eigenvalue weighted by Crippen LogP contribution is 2.38. The Kier molecular flexibility index (Phi) is 17.4. The van der Waals surface area contributed by atoms with Gasteiger partial charge in [-0.1, -0.05) is 13.8 Å². The van der Waals surface area contributed by atoms with Crippen LogP contribution in [0.5, 0.6) is 0 Å². The molecule has 58 heavy (non-hydrogen) atoms. The van der Waals surface area contributed by atoms with Gasteiger partial charge in [-0.2, -0.15) is 0 Å². The number of carbonyl (C=O) groups excluding carboxylic acids is 5. The minimum absolute atomic E-state index is 0.0507. The first-order valence-corrected chi connectivity index (χ1v) is 20.4. The zero-order valence-corrected chi connectivity index (χ0v) is 35.5. The maximum Gasteiger partial charge on any atom is 0.309 e. The number of hydrogen-bond donors (Lipinski definition) is 2. The average Bonchev–Trinajstić information content (AvgIpc) is 3.86. The van der Waals surface area contributed by atoms with Crippen molar-refractivity contribution in [2.75, 3.05) is 21.2 Å². The van der Waals surface area contributed by atoms with Crippen LogP contribution in [0.3, 0.4) is 0 Å². The number of esters is 3. The van der Waals surface area contributed by atoms with E-state index in [9.17, 15) is 34.2 Å². The third-order valence-corrected chi connectivity index (χ3v) is 11.3. The molecular weight excluding hydrogens is 762 g/mol. The molecule has 3 saturated heterocycles. The molecule has 0 aliphatic carbocycles. The molecule has 0 bridgehead atoms. The van der Waals surface area contributed by atoms with Crippen molar-refractivity contribution in [3.05, 3.63) is 12.2 Å². The lowest BCUT2D eigenvalue weighted by Crippen LogP contribution is -2.66. The Balaban J connectivity index is 1.65. The van der Waals surface area contributed by atoms with Crippen LogP contribution >= 0.6 is 0 Å². The summed E-state index contributed by atoms with van der Waals surface area (Å²) in [5.74, 6) is -3.42. The quantitative estimate of drug-likeness (QED) is 0.125. The van der Waals surface area contributed by atoms with Gasteiger partial charge in [0.25, 0.3) is 0 Å². The lowest BCUT2D eigenvalue weighted by Gasteiger charge is -2.50. The van der Waals surface area contributed by atoms with Gasteiger partial charge in [0.1, 0.15) is 48.5 Å². The largest absolute Gasteiger partial charge is 0.462 e. The summed E-state index contributed by atoms with van der Waals surface area (Å²) in [5.41, 5.74) is -1.50. The van der Waals surface area contributed by atoms with Gasteiger partial charge in [-0.15, -0.1) is 0 Å². The molecule has 0 amide bonds. The summed E-state index contributed by atoms with van der Waals surface area (Å²) in [7, 11) is 4.81. The molecule has 0 aromatic rings. The number of aliphatic hydroxyl groups is 2. The molecule has 330 valence electrons. The molecule has 17 heteroatoms. The second kappa shape index (κ2) is 21.1. The molecule has 3 fully saturated rings. The van der Waals surface area contributed by atoms with Crippen molar-refractivity contribution >= 4 is 30.0 Å². The van der Waals surface area contributed by atoms with Crippen molar-refractivity contribution in [3.8, 4) is 0 Å². The number of aliphatic hydroxyl groups excluding tert-OH is 1. The fraction of sp³-hybridized carbons (Fsp3) is 0.829. The fourth-order valence-corrected chi connectivity index (χ4v) is 8.39. The summed E-state index contributed by atoms with van der Waals surface area (Å²) in [6.45, 7) is 11.4. The normalized spacial score (nSPS) is 42.2. The number of ketones is 1. The van der Waals surface area contributed by atoms with E-state index in [0.29, 0.717) is 19.1 Å². The Hall–Kier alpha value is -2.87. The molecular formula is C41H65NO16. The van der Waals surface area contributed by atoms with Crippen LogP contribution in [-0.4, -0.2) is 158 Å². The number of likely N-dealkylation sites (N-methyl/N-ethyl adjacent to an activating group) is 1. The SMILES string of the molecule is CCCC(=O)OC1C(C)OC(OC2C(C)OC(OC3C(CC=O)CC(C)C(=O)/C=C/C4OC4CC(C)OC(=O)CC(OC(C)=O)C3OC)C(O)C2N(C)C)CC1(C)O. The highest BCUT2D eigenvalue weighted by Gasteiger charge is 2.53. The first kappa shape index (κ1) is 47.8. The van der Waals surface area contributed by atoms with Crippen molar-refractivity contribution in [2.24, 2.45) is 11.8 Å². The summed E-state index contributed by atoms with van der Waals surface area (Å²) in [6.07, 6.45) is -7.34. The summed E-state index contributed by atoms with van der Waals surface area (Å²) in [4.78, 5) is 65.5. The highest BCUT2D eigenvalue weighted by molar-refractivity contribution is 5.91. The van der Waals surface area contributed by atoms with Crippen molar-refractivity contribution in [2.45, 2.75) is 185 Å². The van der Waals surface area contributed by atoms with Crippen molar-refractivity contribution in [1.82, 2.24) is 4.90 Å². The van der Waals surface area contributed by atoms with Gasteiger partial charge in [-0.3, -0.25) is 19.2 Å². The number of fused-ring (bicyclic) bond motifs is 1. The second-order valence-electron chi connectivity index (χ2n) is 16.6. The van der Waals surface area contributed by atoms with Crippen LogP contribution in [0.4, 0.5) is 0 Å². The number of hydrogen-bond acceptors (Lipinski definition) is 17. The van der Waals surface area contributed by atoms with E-state index in [1.165, 1.54) is 20.1 Å². The highest BCUT2D eigenvalue weighted by atomic mass is 16.7. The van der Waals surface area contributed by atoms with Crippen molar-refractivity contribution < 1.29 is 76.8 Å². The number of carbonyl (C=O) groups is 5. The molecule has 0 radical (unpaired) electrons. The van der Waals surface area contributed by atoms with Crippen LogP contribution in [0.15, 0.2) is 12.2 Å². The number of ether oxygens (including phenoxy) is 9. The maximum atomic E-state index is 13.4. The van der Waals surface area contributed by atoms with E-state index >= 15 is 0 Å². The fourth-order valence-electron chi connectivity index (χ4n) is 8.39. The zero-order valence-electron chi connectivity index (χ0n) is 35.5. The monoisotopic (exact) mass is 827 g/mol. The van der Waals surface area contributed by atoms with E-state index in [4.69, 9.17) is 42.6 Å². The van der Waals surface area contributed by atoms with Gasteiger partial charge in [0, 0.05) is 45.6 Å². The summed E-state index contributed by atoms with van der Waals surface area (Å²) in [6, 6.07) is -0.797. The standard InChI is InChI=1S/C41H65NO16/c1-11-12-31(46)56-39-24(5)52-33(20-41(39,7)49)57-36-23(4)53-40(35(48)34(36)42(8)9)58-37-26(15-16-43)17-21(2)27(45)13-14-28-29(55-28)18-22(3)51-32(47)19-30(38(37)50-10)54-25(6)44/h13-14,16,21-24,26,28-30,33-40,48-49H,11-12,15,17-20H2,1-10H3/b14-13+. The molecule has 17 atom stereocenters. The first-order valence-electron chi connectivity index (χ1n) is 20.4. The molecule has 17 unspecified atom stereocenters. The van der Waals surface area contributed by atoms with Gasteiger partial charge in [0.05, 0.1) is 36.9 Å². The van der Waals surface area contributed by atoms with E-state index in [0.717, 1.165) is 0 Å². The predicted octanol–water partition coefficient (Wildman–Crippen LogP) is 2.19. The maximum absolute atomic E-state index is 13.4. The lowest BCUT2D eigenvalue weighted by molar-refractivity contribution is -0.344. The van der Waals surface area contributed by atoms with Gasteiger partial charge < -0.3 is 62.5 Å². The van der Waals surface area contributed by atoms with E-state index in [1.54, 1.807) is 59.7 Å². The minimum Gasteiger partial charge on any atom is -0.462 e. The number of aldehydes is 1. The van der Waals surface area contributed by atoms with Gasteiger partial charge in [0.15, 0.2) is 24.5 Å². The Morgan fingerprint density at radius 2 is 1.71 bits per heavy atom. The van der Waals surface area contributed by atoms with Crippen LogP contribution < -0.4 is 0 Å². The third kappa shape index (κ3) is 12.6. The molecule has 2 N–H and O–H groups in total. The Morgan fingerprint density at radius 3 is 2.31 bits per heavy atom. The number of rotatable bonds is 12. The van der Waals surface area contributed by atoms with Gasteiger partial charge in [-0.05, 0) is 72.7 Å². The van der Waals surface area contributed by atoms with Gasteiger partial charge in [0.2, 0.25) is 0 Å². The van der Waals surface area contributed by atoms with Crippen LogP contribution in [0.1, 0.15) is 93.4 Å². The Bertz CT molecular complexity index is 1440. The third-order valence-electron chi connectivity index (χ3n) is 11.3. The molecule has 0 saturated carbocycles. The average molecular weight is 828 g/mol. The predicted molar refractivity (Wildman–Crippen MR) is 204 cm³/mol. The molecule has 4 heterocycles. The molecule has 0 spiro atoms. The summed E-state index contributed by atoms with van der Waals surface area (Å²) >= 11 is 0.